The number of nitrogens with one attached hydrogen (secondary N) is 1. The van der Waals surface area contributed by atoms with Crippen molar-refractivity contribution < 1.29 is 14.1 Å². The summed E-state index contributed by atoms with van der Waals surface area (Å²) in [5.41, 5.74) is 0.129. The number of hydrogen-bond donors (Lipinski definition) is 1. The topological polar surface area (TPSA) is 64.4 Å². The fourth-order valence-electron chi connectivity index (χ4n) is 1.77. The lowest BCUT2D eigenvalue weighted by atomic mass is 10.2. The van der Waals surface area contributed by atoms with Crippen molar-refractivity contribution in [2.24, 2.45) is 0 Å². The summed E-state index contributed by atoms with van der Waals surface area (Å²) in [6.07, 6.45) is 0. The van der Waals surface area contributed by atoms with E-state index in [2.05, 4.69) is 5.32 Å². The number of halogens is 1. The van der Waals surface area contributed by atoms with E-state index in [0.717, 1.165) is 0 Å². The smallest absolute Gasteiger partial charge is 0.334 e. The average molecular weight is 276 g/mol. The average Bonchev–Trinajstić information content (AvgIpc) is 2.41. The summed E-state index contributed by atoms with van der Waals surface area (Å²) in [6.45, 7) is 2.36. The van der Waals surface area contributed by atoms with Crippen LogP contribution in [0.4, 0.5) is 15.8 Å². The molecule has 20 heavy (non-hydrogen) atoms. The summed E-state index contributed by atoms with van der Waals surface area (Å²) in [5, 5.41) is 14.1. The first-order chi connectivity index (χ1) is 9.63. The maximum Gasteiger partial charge on any atom is 0.334 e. The molecule has 0 radical (unpaired) electrons. The van der Waals surface area contributed by atoms with Gasteiger partial charge >= 0.3 is 5.69 Å². The summed E-state index contributed by atoms with van der Waals surface area (Å²) >= 11 is 0. The van der Waals surface area contributed by atoms with Gasteiger partial charge in [-0.15, -0.1) is 0 Å². The lowest BCUT2D eigenvalue weighted by Gasteiger charge is -2.10. The van der Waals surface area contributed by atoms with Gasteiger partial charge in [0.1, 0.15) is 5.69 Å². The highest BCUT2D eigenvalue weighted by atomic mass is 19.1. The molecule has 0 fully saturated rings. The number of nitro groups is 1. The molecule has 6 heteroatoms. The van der Waals surface area contributed by atoms with Crippen molar-refractivity contribution in [3.63, 3.8) is 0 Å². The lowest BCUT2D eigenvalue weighted by Crippen LogP contribution is -2.02. The minimum Gasteiger partial charge on any atom is -0.447 e. The largest absolute Gasteiger partial charge is 0.447 e. The van der Waals surface area contributed by atoms with Crippen molar-refractivity contribution in [3.8, 4) is 11.5 Å². The summed E-state index contributed by atoms with van der Waals surface area (Å²) in [6, 6.07) is 10.4. The molecule has 0 bridgehead atoms. The number of hydrogen-bond acceptors (Lipinski definition) is 4. The van der Waals surface area contributed by atoms with Crippen LogP contribution in [0.25, 0.3) is 0 Å². The van der Waals surface area contributed by atoms with Crippen LogP contribution in [0.5, 0.6) is 11.5 Å². The molecule has 5 nitrogen and oxygen atoms in total. The van der Waals surface area contributed by atoms with Crippen LogP contribution in [0.15, 0.2) is 42.5 Å². The minimum atomic E-state index is -0.573. The Kier molecular flexibility index (Phi) is 4.14. The zero-order valence-electron chi connectivity index (χ0n) is 10.8. The van der Waals surface area contributed by atoms with Gasteiger partial charge in [-0.1, -0.05) is 18.2 Å². The van der Waals surface area contributed by atoms with E-state index >= 15 is 0 Å². The van der Waals surface area contributed by atoms with Crippen molar-refractivity contribution in [1.82, 2.24) is 0 Å². The van der Waals surface area contributed by atoms with Gasteiger partial charge in [0.15, 0.2) is 11.6 Å². The molecule has 0 atom stereocenters. The third-order valence-corrected chi connectivity index (χ3v) is 2.61. The van der Waals surface area contributed by atoms with Gasteiger partial charge in [0, 0.05) is 6.54 Å². The Morgan fingerprint density at radius 2 is 1.90 bits per heavy atom. The molecule has 104 valence electrons. The molecule has 0 aromatic heterocycles. The van der Waals surface area contributed by atoms with Crippen molar-refractivity contribution in [1.29, 1.82) is 0 Å². The van der Waals surface area contributed by atoms with Crippen LogP contribution in [0.1, 0.15) is 6.92 Å². The zero-order chi connectivity index (χ0) is 14.5. The van der Waals surface area contributed by atoms with Gasteiger partial charge < -0.3 is 10.1 Å². The Balaban J connectivity index is 2.44. The maximum absolute atomic E-state index is 13.5. The number of benzene rings is 2. The first-order valence-electron chi connectivity index (χ1n) is 6.07. The summed E-state index contributed by atoms with van der Waals surface area (Å²) in [4.78, 5) is 10.6. The van der Waals surface area contributed by atoms with E-state index in [4.69, 9.17) is 4.74 Å². The molecular weight excluding hydrogens is 263 g/mol. The molecule has 1 N–H and O–H groups in total. The molecule has 0 aliphatic heterocycles. The van der Waals surface area contributed by atoms with Crippen LogP contribution < -0.4 is 10.1 Å². The van der Waals surface area contributed by atoms with Gasteiger partial charge in [-0.3, -0.25) is 10.1 Å². The van der Waals surface area contributed by atoms with Gasteiger partial charge in [0.25, 0.3) is 0 Å². The molecule has 0 spiro atoms. The van der Waals surface area contributed by atoms with E-state index in [0.29, 0.717) is 12.2 Å². The second-order valence-corrected chi connectivity index (χ2v) is 3.97. The summed E-state index contributed by atoms with van der Waals surface area (Å²) in [7, 11) is 0. The number of anilines is 1. The van der Waals surface area contributed by atoms with Gasteiger partial charge in [-0.25, -0.2) is 4.39 Å². The third kappa shape index (κ3) is 2.85. The first kappa shape index (κ1) is 13.8. The number of nitro benzene ring substituents is 1. The molecule has 0 aliphatic rings. The second kappa shape index (κ2) is 6.01. The van der Waals surface area contributed by atoms with Crippen LogP contribution in [0.3, 0.4) is 0 Å². The van der Waals surface area contributed by atoms with Gasteiger partial charge in [0.2, 0.25) is 5.75 Å². The van der Waals surface area contributed by atoms with Crippen LogP contribution >= 0.6 is 0 Å². The van der Waals surface area contributed by atoms with Crippen molar-refractivity contribution in [2.75, 3.05) is 11.9 Å². The Hall–Kier alpha value is -2.63. The van der Waals surface area contributed by atoms with Crippen molar-refractivity contribution in [2.45, 2.75) is 6.92 Å². The maximum atomic E-state index is 13.5. The van der Waals surface area contributed by atoms with E-state index in [1.54, 1.807) is 18.2 Å². The van der Waals surface area contributed by atoms with E-state index in [1.807, 2.05) is 6.92 Å². The molecule has 0 heterocycles. The Labute approximate surface area is 115 Å². The third-order valence-electron chi connectivity index (χ3n) is 2.61. The Bertz CT molecular complexity index is 632. The number of para-hydroxylation sites is 2. The quantitative estimate of drug-likeness (QED) is 0.663. The number of ether oxygens (including phenoxy) is 1. The monoisotopic (exact) mass is 276 g/mol. The van der Waals surface area contributed by atoms with E-state index in [-0.39, 0.29) is 17.2 Å². The molecular formula is C14H13FN2O3. The van der Waals surface area contributed by atoms with Crippen LogP contribution in [0.2, 0.25) is 0 Å². The molecule has 0 saturated carbocycles. The predicted octanol–water partition coefficient (Wildman–Crippen LogP) is 3.96. The standard InChI is InChI=1S/C14H13FN2O3/c1-2-16-11-7-5-9-13(14(11)17(18)19)20-12-8-4-3-6-10(12)15/h3-9,16H,2H2,1H3. The summed E-state index contributed by atoms with van der Waals surface area (Å²) in [5.74, 6) is -0.626. The molecule has 2 aromatic carbocycles. The van der Waals surface area contributed by atoms with Crippen molar-refractivity contribution >= 4 is 11.4 Å². The van der Waals surface area contributed by atoms with E-state index in [1.165, 1.54) is 24.3 Å². The highest BCUT2D eigenvalue weighted by molar-refractivity contribution is 5.68. The van der Waals surface area contributed by atoms with Crippen LogP contribution in [-0.2, 0) is 0 Å². The molecule has 0 unspecified atom stereocenters. The van der Waals surface area contributed by atoms with Gasteiger partial charge in [-0.2, -0.15) is 0 Å². The van der Waals surface area contributed by atoms with Crippen LogP contribution in [0, 0.1) is 15.9 Å². The second-order valence-electron chi connectivity index (χ2n) is 3.97. The Morgan fingerprint density at radius 3 is 2.55 bits per heavy atom. The fourth-order valence-corrected chi connectivity index (χ4v) is 1.77. The zero-order valence-corrected chi connectivity index (χ0v) is 10.8. The number of nitrogens with zero attached hydrogens (tertiary/aromatic N) is 1. The fraction of sp³-hybridized carbons (Fsp3) is 0.143. The normalized spacial score (nSPS) is 10.1. The SMILES string of the molecule is CCNc1cccc(Oc2ccccc2F)c1[N+](=O)[O-]. The minimum absolute atomic E-state index is 0.00134. The highest BCUT2D eigenvalue weighted by Gasteiger charge is 2.21. The van der Waals surface area contributed by atoms with Crippen LogP contribution in [-0.4, -0.2) is 11.5 Å². The molecule has 0 amide bonds. The molecule has 0 saturated heterocycles. The van der Waals surface area contributed by atoms with Gasteiger partial charge in [-0.05, 0) is 31.2 Å². The number of rotatable bonds is 5. The molecule has 0 aliphatic carbocycles. The highest BCUT2D eigenvalue weighted by Crippen LogP contribution is 2.37. The lowest BCUT2D eigenvalue weighted by molar-refractivity contribution is -0.384. The van der Waals surface area contributed by atoms with Gasteiger partial charge in [0.05, 0.1) is 4.92 Å². The molecule has 2 aromatic rings. The summed E-state index contributed by atoms with van der Waals surface area (Å²) < 4.78 is 18.9. The first-order valence-corrected chi connectivity index (χ1v) is 6.07. The Morgan fingerprint density at radius 1 is 1.20 bits per heavy atom. The van der Waals surface area contributed by atoms with E-state index in [9.17, 15) is 14.5 Å². The van der Waals surface area contributed by atoms with Crippen molar-refractivity contribution in [3.05, 3.63) is 58.4 Å². The molecule has 2 rings (SSSR count). The predicted molar refractivity (Wildman–Crippen MR) is 73.7 cm³/mol. The van der Waals surface area contributed by atoms with E-state index < -0.39 is 10.7 Å².